The lowest BCUT2D eigenvalue weighted by Crippen LogP contribution is -2.50. The smallest absolute Gasteiger partial charge is 0.307 e. The first-order valence-corrected chi connectivity index (χ1v) is 6.47. The Hall–Kier alpha value is -2.98. The standard InChI is InChI=1S/C11H9N5O6/c1-5-2-3-11(16(19)20)6(4-5)8-7(12-21-14(8)17)9-10(11)13-22-15(9)18/h2,6H,3-4H2,1H3/t6-,11+/m1/s1. The second-order valence-corrected chi connectivity index (χ2v) is 5.48. The van der Waals surface area contributed by atoms with Crippen molar-refractivity contribution < 1.29 is 24.0 Å². The molecule has 0 bridgehead atoms. The van der Waals surface area contributed by atoms with Gasteiger partial charge in [-0.1, -0.05) is 11.6 Å². The first-order chi connectivity index (χ1) is 10.5. The first kappa shape index (κ1) is 12.7. The summed E-state index contributed by atoms with van der Waals surface area (Å²) in [6, 6.07) is 0. The monoisotopic (exact) mass is 307 g/mol. The number of fused-ring (bicyclic) bond motifs is 6. The van der Waals surface area contributed by atoms with E-state index in [4.69, 9.17) is 0 Å². The molecule has 0 saturated carbocycles. The normalized spacial score (nSPS) is 25.9. The van der Waals surface area contributed by atoms with E-state index < -0.39 is 16.4 Å². The summed E-state index contributed by atoms with van der Waals surface area (Å²) in [7, 11) is 0. The Labute approximate surface area is 121 Å². The fourth-order valence-electron chi connectivity index (χ4n) is 3.36. The van der Waals surface area contributed by atoms with Crippen LogP contribution < -0.4 is 9.81 Å². The summed E-state index contributed by atoms with van der Waals surface area (Å²) >= 11 is 0. The van der Waals surface area contributed by atoms with Gasteiger partial charge in [0.1, 0.15) is 5.92 Å². The Morgan fingerprint density at radius 2 is 2.09 bits per heavy atom. The summed E-state index contributed by atoms with van der Waals surface area (Å²) in [5.74, 6) is -0.830. The Morgan fingerprint density at radius 3 is 2.82 bits per heavy atom. The third kappa shape index (κ3) is 1.25. The van der Waals surface area contributed by atoms with Gasteiger partial charge in [-0.3, -0.25) is 19.4 Å². The molecule has 11 heteroatoms. The van der Waals surface area contributed by atoms with Crippen LogP contribution in [0.2, 0.25) is 0 Å². The highest BCUT2D eigenvalue weighted by molar-refractivity contribution is 5.62. The molecule has 0 fully saturated rings. The maximum atomic E-state index is 11.9. The van der Waals surface area contributed by atoms with Crippen LogP contribution in [0, 0.1) is 20.5 Å². The van der Waals surface area contributed by atoms with Crippen LogP contribution in [0.25, 0.3) is 11.4 Å². The van der Waals surface area contributed by atoms with Gasteiger partial charge in [0.05, 0.1) is 5.16 Å². The van der Waals surface area contributed by atoms with Crippen molar-refractivity contribution in [2.45, 2.75) is 31.2 Å². The van der Waals surface area contributed by atoms with Crippen molar-refractivity contribution in [3.8, 4) is 11.4 Å². The molecule has 2 aromatic heterocycles. The molecule has 0 aromatic carbocycles. The molecule has 0 radical (unpaired) electrons. The second-order valence-electron chi connectivity index (χ2n) is 5.48. The molecule has 0 saturated heterocycles. The molecule has 2 aliphatic rings. The topological polar surface area (TPSA) is 149 Å². The Kier molecular flexibility index (Phi) is 2.21. The van der Waals surface area contributed by atoms with Gasteiger partial charge in [-0.2, -0.15) is 0 Å². The molecule has 114 valence electrons. The zero-order chi connectivity index (χ0) is 15.6. The maximum absolute atomic E-state index is 11.9. The lowest BCUT2D eigenvalue weighted by molar-refractivity contribution is -0.811. The summed E-state index contributed by atoms with van der Waals surface area (Å²) in [6.45, 7) is 1.82. The van der Waals surface area contributed by atoms with Gasteiger partial charge < -0.3 is 10.4 Å². The van der Waals surface area contributed by atoms with E-state index in [1.807, 2.05) is 6.92 Å². The highest BCUT2D eigenvalue weighted by Crippen LogP contribution is 2.54. The lowest BCUT2D eigenvalue weighted by Gasteiger charge is -2.32. The molecule has 2 heterocycles. The van der Waals surface area contributed by atoms with Crippen molar-refractivity contribution in [1.82, 2.24) is 10.3 Å². The van der Waals surface area contributed by atoms with Crippen molar-refractivity contribution in [1.29, 1.82) is 0 Å². The number of hydrogen-bond acceptors (Lipinski definition) is 8. The van der Waals surface area contributed by atoms with Gasteiger partial charge in [0.15, 0.2) is 0 Å². The van der Waals surface area contributed by atoms with E-state index in [9.17, 15) is 20.5 Å². The molecule has 0 aliphatic heterocycles. The van der Waals surface area contributed by atoms with Crippen LogP contribution in [-0.2, 0) is 5.54 Å². The van der Waals surface area contributed by atoms with Crippen LogP contribution in [0.1, 0.15) is 37.1 Å². The molecular formula is C11H9N5O6. The maximum Gasteiger partial charge on any atom is 0.307 e. The molecule has 2 aliphatic carbocycles. The van der Waals surface area contributed by atoms with E-state index in [0.29, 0.717) is 0 Å². The van der Waals surface area contributed by atoms with Crippen LogP contribution in [0.3, 0.4) is 0 Å². The summed E-state index contributed by atoms with van der Waals surface area (Å²) in [6.07, 6.45) is 1.98. The molecule has 11 nitrogen and oxygen atoms in total. The summed E-state index contributed by atoms with van der Waals surface area (Å²) in [5.41, 5.74) is -1.30. The molecule has 2 aromatic rings. The first-order valence-electron chi connectivity index (χ1n) is 6.47. The van der Waals surface area contributed by atoms with Crippen molar-refractivity contribution in [2.75, 3.05) is 0 Å². The predicted octanol–water partition coefficient (Wildman–Crippen LogP) is -0.0943. The van der Waals surface area contributed by atoms with Gasteiger partial charge in [-0.05, 0) is 23.2 Å². The minimum atomic E-state index is -1.74. The van der Waals surface area contributed by atoms with Crippen molar-refractivity contribution >= 4 is 0 Å². The molecule has 0 N–H and O–H groups in total. The summed E-state index contributed by atoms with van der Waals surface area (Å²) in [4.78, 5) is 11.5. The van der Waals surface area contributed by atoms with E-state index in [2.05, 4.69) is 19.6 Å². The van der Waals surface area contributed by atoms with Crippen LogP contribution in [-0.4, -0.2) is 15.2 Å². The molecule has 2 atom stereocenters. The van der Waals surface area contributed by atoms with Gasteiger partial charge in [-0.25, -0.2) is 0 Å². The highest BCUT2D eigenvalue weighted by Gasteiger charge is 2.68. The fourth-order valence-corrected chi connectivity index (χ4v) is 3.36. The van der Waals surface area contributed by atoms with E-state index in [-0.39, 0.29) is 45.4 Å². The number of rotatable bonds is 1. The Bertz CT molecular complexity index is 838. The van der Waals surface area contributed by atoms with Gasteiger partial charge in [-0.15, -0.1) is 0 Å². The molecule has 0 unspecified atom stereocenters. The van der Waals surface area contributed by atoms with Gasteiger partial charge in [0.2, 0.25) is 5.69 Å². The highest BCUT2D eigenvalue weighted by atomic mass is 16.8. The molecule has 0 spiro atoms. The van der Waals surface area contributed by atoms with Gasteiger partial charge in [0.25, 0.3) is 11.4 Å². The number of nitrogens with zero attached hydrogens (tertiary/aromatic N) is 5. The van der Waals surface area contributed by atoms with Crippen LogP contribution in [0.4, 0.5) is 0 Å². The minimum absolute atomic E-state index is 0.000648. The summed E-state index contributed by atoms with van der Waals surface area (Å²) < 4.78 is 9.08. The number of aromatic nitrogens is 4. The van der Waals surface area contributed by atoms with E-state index in [1.165, 1.54) is 0 Å². The van der Waals surface area contributed by atoms with E-state index >= 15 is 0 Å². The Balaban J connectivity index is 2.12. The van der Waals surface area contributed by atoms with Crippen LogP contribution in [0.5, 0.6) is 0 Å². The van der Waals surface area contributed by atoms with Crippen LogP contribution in [0.15, 0.2) is 20.9 Å². The van der Waals surface area contributed by atoms with E-state index in [0.717, 1.165) is 5.57 Å². The van der Waals surface area contributed by atoms with Gasteiger partial charge in [0, 0.05) is 16.5 Å². The Morgan fingerprint density at radius 1 is 1.36 bits per heavy atom. The molecule has 4 rings (SSSR count). The lowest BCUT2D eigenvalue weighted by atomic mass is 9.66. The molecule has 22 heavy (non-hydrogen) atoms. The SMILES string of the molecule is CC1=CC[C@@]2([N+](=O)[O-])c3no[n+]([O-])c3-c3no[n+]([O-])c3[C@H]2C1. The second kappa shape index (κ2) is 3.81. The molecule has 0 amide bonds. The zero-order valence-electron chi connectivity index (χ0n) is 11.3. The zero-order valence-corrected chi connectivity index (χ0v) is 11.3. The average Bonchev–Trinajstić information content (AvgIpc) is 3.03. The van der Waals surface area contributed by atoms with Gasteiger partial charge >= 0.3 is 11.2 Å². The third-order valence-electron chi connectivity index (χ3n) is 4.41. The summed E-state index contributed by atoms with van der Waals surface area (Å²) in [5, 5.41) is 42.7. The quantitative estimate of drug-likeness (QED) is 0.307. The number of hydrogen-bond donors (Lipinski definition) is 0. The molecular weight excluding hydrogens is 298 g/mol. The number of nitro groups is 1. The minimum Gasteiger partial charge on any atom is -0.359 e. The fraction of sp³-hybridized carbons (Fsp3) is 0.455. The van der Waals surface area contributed by atoms with E-state index in [1.54, 1.807) is 6.08 Å². The van der Waals surface area contributed by atoms with Crippen molar-refractivity contribution in [2.24, 2.45) is 0 Å². The van der Waals surface area contributed by atoms with Crippen molar-refractivity contribution in [3.05, 3.63) is 43.6 Å². The van der Waals surface area contributed by atoms with Crippen LogP contribution >= 0.6 is 0 Å². The third-order valence-corrected chi connectivity index (χ3v) is 4.41. The number of allylic oxidation sites excluding steroid dienone is 1. The largest absolute Gasteiger partial charge is 0.359 e. The average molecular weight is 307 g/mol. The van der Waals surface area contributed by atoms with Crippen molar-refractivity contribution in [3.63, 3.8) is 0 Å². The predicted molar refractivity (Wildman–Crippen MR) is 64.3 cm³/mol.